The molecule has 0 amide bonds. The van der Waals surface area contributed by atoms with E-state index in [2.05, 4.69) is 23.8 Å². The molecular formula is C23H32N2O3S. The van der Waals surface area contributed by atoms with Gasteiger partial charge < -0.3 is 4.74 Å². The van der Waals surface area contributed by atoms with Crippen molar-refractivity contribution in [2.45, 2.75) is 64.2 Å². The number of hydrogen-bond donors (Lipinski definition) is 1. The molecule has 2 rings (SSSR count). The van der Waals surface area contributed by atoms with Crippen LogP contribution < -0.4 is 9.57 Å². The van der Waals surface area contributed by atoms with Gasteiger partial charge >= 0.3 is 0 Å². The Bertz CT molecular complexity index is 948. The molecule has 0 unspecified atom stereocenters. The van der Waals surface area contributed by atoms with Crippen molar-refractivity contribution in [2.75, 3.05) is 7.11 Å². The van der Waals surface area contributed by atoms with Gasteiger partial charge in [-0.15, -0.1) is 0 Å². The van der Waals surface area contributed by atoms with Gasteiger partial charge in [0, 0.05) is 0 Å². The quantitative estimate of drug-likeness (QED) is 0.464. The van der Waals surface area contributed by atoms with E-state index in [-0.39, 0.29) is 11.8 Å². The first kappa shape index (κ1) is 22.9. The number of hydrazone groups is 1. The van der Waals surface area contributed by atoms with Gasteiger partial charge in [0.05, 0.1) is 18.2 Å². The molecule has 1 N–H and O–H groups in total. The smallest absolute Gasteiger partial charge is 0.277 e. The van der Waals surface area contributed by atoms with Gasteiger partial charge in [0.15, 0.2) is 0 Å². The summed E-state index contributed by atoms with van der Waals surface area (Å²) in [7, 11) is -2.24. The second-order valence-electron chi connectivity index (χ2n) is 8.12. The van der Waals surface area contributed by atoms with Crippen LogP contribution in [0.2, 0.25) is 0 Å². The Morgan fingerprint density at radius 1 is 0.931 bits per heavy atom. The Balaban J connectivity index is 2.48. The number of ether oxygens (including phenoxy) is 1. The van der Waals surface area contributed by atoms with E-state index in [0.29, 0.717) is 16.6 Å². The van der Waals surface area contributed by atoms with Crippen molar-refractivity contribution in [2.24, 2.45) is 5.10 Å². The summed E-state index contributed by atoms with van der Waals surface area (Å²) in [6.07, 6.45) is 1.48. The lowest BCUT2D eigenvalue weighted by molar-refractivity contribution is 0.415. The molecule has 2 aromatic rings. The summed E-state index contributed by atoms with van der Waals surface area (Å²) >= 11 is 0. The molecule has 5 nitrogen and oxygen atoms in total. The molecule has 158 valence electrons. The Labute approximate surface area is 175 Å². The van der Waals surface area contributed by atoms with Crippen LogP contribution in [0.25, 0.3) is 0 Å². The monoisotopic (exact) mass is 416 g/mol. The molecule has 29 heavy (non-hydrogen) atoms. The fraction of sp³-hybridized carbons (Fsp3) is 0.435. The minimum atomic E-state index is -3.82. The van der Waals surface area contributed by atoms with E-state index >= 15 is 0 Å². The summed E-state index contributed by atoms with van der Waals surface area (Å²) in [5.41, 5.74) is 3.54. The van der Waals surface area contributed by atoms with E-state index in [1.54, 1.807) is 13.2 Å². The highest BCUT2D eigenvalue weighted by Crippen LogP contribution is 2.35. The molecule has 0 aliphatic rings. The number of nitrogens with zero attached hydrogens (tertiary/aromatic N) is 1. The van der Waals surface area contributed by atoms with Gasteiger partial charge in [0.25, 0.3) is 10.0 Å². The Morgan fingerprint density at radius 3 is 2.00 bits per heavy atom. The summed E-state index contributed by atoms with van der Waals surface area (Å²) in [6, 6.07) is 11.3. The third-order valence-corrected chi connectivity index (χ3v) is 6.18. The van der Waals surface area contributed by atoms with Gasteiger partial charge in [-0.1, -0.05) is 65.8 Å². The van der Waals surface area contributed by atoms with E-state index in [4.69, 9.17) is 4.74 Å². The normalized spacial score (nSPS) is 12.3. The van der Waals surface area contributed by atoms with E-state index in [1.165, 1.54) is 6.21 Å². The number of methoxy groups -OCH3 is 1. The average molecular weight is 417 g/mol. The average Bonchev–Trinajstić information content (AvgIpc) is 2.66. The van der Waals surface area contributed by atoms with Crippen LogP contribution in [0.15, 0.2) is 46.4 Å². The van der Waals surface area contributed by atoms with Crippen molar-refractivity contribution in [3.63, 3.8) is 0 Å². The summed E-state index contributed by atoms with van der Waals surface area (Å²) in [5, 5.41) is 4.00. The summed E-state index contributed by atoms with van der Waals surface area (Å²) < 4.78 is 31.6. The van der Waals surface area contributed by atoms with Gasteiger partial charge in [0.2, 0.25) is 0 Å². The standard InChI is InChI=1S/C23H32N2O3S/c1-15(2)19-12-21(16(3)4)23(22(13-19)17(5)6)29(26,27)25-24-14-18-9-8-10-20(11-18)28-7/h8-17,25H,1-7H3/b24-14+. The second kappa shape index (κ2) is 9.44. The van der Waals surface area contributed by atoms with Crippen molar-refractivity contribution in [3.05, 3.63) is 58.7 Å². The zero-order valence-corrected chi connectivity index (χ0v) is 19.2. The van der Waals surface area contributed by atoms with Crippen LogP contribution in [0.4, 0.5) is 0 Å². The maximum Gasteiger partial charge on any atom is 0.277 e. The number of benzene rings is 2. The molecule has 0 saturated heterocycles. The molecule has 0 fully saturated rings. The Kier molecular flexibility index (Phi) is 7.47. The van der Waals surface area contributed by atoms with Crippen LogP contribution in [-0.2, 0) is 10.0 Å². The van der Waals surface area contributed by atoms with Crippen molar-refractivity contribution in [3.8, 4) is 5.75 Å². The lowest BCUT2D eigenvalue weighted by Gasteiger charge is -2.22. The molecule has 0 spiro atoms. The summed E-state index contributed by atoms with van der Waals surface area (Å²) in [4.78, 5) is 2.74. The van der Waals surface area contributed by atoms with E-state index in [9.17, 15) is 8.42 Å². The molecule has 0 saturated carbocycles. The summed E-state index contributed by atoms with van der Waals surface area (Å²) in [6.45, 7) is 12.3. The lowest BCUT2D eigenvalue weighted by Crippen LogP contribution is -2.23. The van der Waals surface area contributed by atoms with Crippen LogP contribution in [0.1, 0.15) is 81.5 Å². The molecule has 2 aromatic carbocycles. The van der Waals surface area contributed by atoms with Gasteiger partial charge in [-0.25, -0.2) is 4.83 Å². The molecule has 0 aliphatic heterocycles. The zero-order valence-electron chi connectivity index (χ0n) is 18.4. The van der Waals surface area contributed by atoms with Crippen molar-refractivity contribution in [1.82, 2.24) is 4.83 Å². The van der Waals surface area contributed by atoms with Gasteiger partial charge in [-0.2, -0.15) is 13.5 Å². The Morgan fingerprint density at radius 2 is 1.52 bits per heavy atom. The largest absolute Gasteiger partial charge is 0.497 e. The minimum absolute atomic E-state index is 0.0696. The van der Waals surface area contributed by atoms with Gasteiger partial charge in [-0.3, -0.25) is 0 Å². The highest BCUT2D eigenvalue weighted by atomic mass is 32.2. The van der Waals surface area contributed by atoms with Crippen LogP contribution in [-0.4, -0.2) is 21.7 Å². The molecular weight excluding hydrogens is 384 g/mol. The van der Waals surface area contributed by atoms with Crippen LogP contribution >= 0.6 is 0 Å². The molecule has 0 heterocycles. The van der Waals surface area contributed by atoms with Crippen LogP contribution in [0.3, 0.4) is 0 Å². The van der Waals surface area contributed by atoms with Crippen molar-refractivity contribution >= 4 is 16.2 Å². The van der Waals surface area contributed by atoms with E-state index in [1.807, 2.05) is 58.0 Å². The highest BCUT2D eigenvalue weighted by molar-refractivity contribution is 7.89. The number of hydrogen-bond acceptors (Lipinski definition) is 4. The maximum atomic E-state index is 13.2. The summed E-state index contributed by atoms with van der Waals surface area (Å²) in [5.74, 6) is 1.14. The number of sulfonamides is 1. The maximum absolute atomic E-state index is 13.2. The van der Waals surface area contributed by atoms with E-state index in [0.717, 1.165) is 22.3 Å². The molecule has 0 bridgehead atoms. The first-order valence-electron chi connectivity index (χ1n) is 9.93. The molecule has 0 radical (unpaired) electrons. The zero-order chi connectivity index (χ0) is 21.8. The van der Waals surface area contributed by atoms with Crippen molar-refractivity contribution in [1.29, 1.82) is 0 Å². The molecule has 0 aromatic heterocycles. The third-order valence-electron chi connectivity index (χ3n) is 4.83. The fourth-order valence-corrected chi connectivity index (χ4v) is 4.63. The van der Waals surface area contributed by atoms with E-state index < -0.39 is 10.0 Å². The second-order valence-corrected chi connectivity index (χ2v) is 9.72. The number of rotatable bonds is 8. The molecule has 6 heteroatoms. The van der Waals surface area contributed by atoms with Gasteiger partial charge in [0.1, 0.15) is 5.75 Å². The predicted molar refractivity (Wildman–Crippen MR) is 120 cm³/mol. The SMILES string of the molecule is COc1cccc(/C=N/NS(=O)(=O)c2c(C(C)C)cc(C(C)C)cc2C(C)C)c1. The highest BCUT2D eigenvalue weighted by Gasteiger charge is 2.26. The third kappa shape index (κ3) is 5.60. The topological polar surface area (TPSA) is 67.8 Å². The van der Waals surface area contributed by atoms with Gasteiger partial charge in [-0.05, 0) is 52.1 Å². The lowest BCUT2D eigenvalue weighted by atomic mass is 9.89. The minimum Gasteiger partial charge on any atom is -0.497 e. The van der Waals surface area contributed by atoms with Crippen molar-refractivity contribution < 1.29 is 13.2 Å². The van der Waals surface area contributed by atoms with Crippen LogP contribution in [0, 0.1) is 0 Å². The van der Waals surface area contributed by atoms with Crippen LogP contribution in [0.5, 0.6) is 5.75 Å². The molecule has 0 atom stereocenters. The first-order chi connectivity index (χ1) is 13.6. The first-order valence-corrected chi connectivity index (χ1v) is 11.4. The molecule has 0 aliphatic carbocycles. The Hall–Kier alpha value is -2.34. The fourth-order valence-electron chi connectivity index (χ4n) is 3.14. The number of nitrogens with one attached hydrogen (secondary N) is 1. The predicted octanol–water partition coefficient (Wildman–Crippen LogP) is 5.38.